The van der Waals surface area contributed by atoms with Crippen LogP contribution in [-0.4, -0.2) is 51.6 Å². The average Bonchev–Trinajstić information content (AvgIpc) is 3.10. The minimum Gasteiger partial charge on any atom is -0.390 e. The lowest BCUT2D eigenvalue weighted by Gasteiger charge is -2.39. The summed E-state index contributed by atoms with van der Waals surface area (Å²) in [6.45, 7) is 10.4. The SMILES string of the molecule is CC1C[C@H]2CC[C@@H](C1)N2c1nc2c(nc1CO)c(I)nn2COCC[Si](C)(C)C. The van der Waals surface area contributed by atoms with Gasteiger partial charge in [-0.3, -0.25) is 0 Å². The molecule has 2 aromatic rings. The van der Waals surface area contributed by atoms with Crippen LogP contribution in [0.3, 0.4) is 0 Å². The molecule has 2 aromatic heterocycles. The van der Waals surface area contributed by atoms with Gasteiger partial charge in [-0.25, -0.2) is 14.6 Å². The van der Waals surface area contributed by atoms with Crippen molar-refractivity contribution in [2.75, 3.05) is 11.5 Å². The minimum absolute atomic E-state index is 0.0995. The van der Waals surface area contributed by atoms with Gasteiger partial charge in [-0.15, -0.1) is 0 Å². The number of fused-ring (bicyclic) bond motifs is 3. The quantitative estimate of drug-likeness (QED) is 0.332. The first-order valence-corrected chi connectivity index (χ1v) is 15.5. The van der Waals surface area contributed by atoms with E-state index in [2.05, 4.69) is 59.2 Å². The normalized spacial score (nSPS) is 24.6. The van der Waals surface area contributed by atoms with E-state index in [1.807, 2.05) is 4.68 Å². The molecule has 0 radical (unpaired) electrons. The Bertz CT molecular complexity index is 870. The number of nitrogens with zero attached hydrogens (tertiary/aromatic N) is 5. The first kappa shape index (κ1) is 21.4. The molecule has 0 saturated carbocycles. The molecule has 2 saturated heterocycles. The molecule has 0 spiro atoms. The molecule has 2 aliphatic rings. The maximum atomic E-state index is 10.0. The van der Waals surface area contributed by atoms with Crippen LogP contribution >= 0.6 is 22.6 Å². The Morgan fingerprint density at radius 2 is 1.86 bits per heavy atom. The third kappa shape index (κ3) is 4.47. The summed E-state index contributed by atoms with van der Waals surface area (Å²) in [6.07, 6.45) is 4.79. The van der Waals surface area contributed by atoms with E-state index in [4.69, 9.17) is 14.7 Å². The lowest BCUT2D eigenvalue weighted by atomic mass is 9.92. The van der Waals surface area contributed by atoms with Gasteiger partial charge in [-0.1, -0.05) is 26.6 Å². The zero-order valence-corrected chi connectivity index (χ0v) is 21.0. The Balaban J connectivity index is 1.63. The highest BCUT2D eigenvalue weighted by atomic mass is 127. The molecular weight excluding hydrogens is 497 g/mol. The number of aliphatic hydroxyl groups excluding tert-OH is 1. The summed E-state index contributed by atoms with van der Waals surface area (Å²) >= 11 is 2.20. The van der Waals surface area contributed by atoms with Crippen molar-refractivity contribution in [2.45, 2.75) is 83.7 Å². The maximum absolute atomic E-state index is 10.0. The number of hydrogen-bond acceptors (Lipinski definition) is 6. The van der Waals surface area contributed by atoms with E-state index in [9.17, 15) is 5.11 Å². The molecule has 2 fully saturated rings. The predicted molar refractivity (Wildman–Crippen MR) is 126 cm³/mol. The summed E-state index contributed by atoms with van der Waals surface area (Å²) in [5.41, 5.74) is 2.18. The summed E-state index contributed by atoms with van der Waals surface area (Å²) in [5, 5.41) is 14.6. The second kappa shape index (κ2) is 8.39. The number of rotatable bonds is 7. The van der Waals surface area contributed by atoms with Crippen molar-refractivity contribution in [2.24, 2.45) is 5.92 Å². The smallest absolute Gasteiger partial charge is 0.182 e. The number of hydrogen-bond donors (Lipinski definition) is 1. The van der Waals surface area contributed by atoms with Crippen LogP contribution in [0.2, 0.25) is 25.7 Å². The Morgan fingerprint density at radius 1 is 1.17 bits per heavy atom. The minimum atomic E-state index is -1.12. The predicted octanol–water partition coefficient (Wildman–Crippen LogP) is 4.00. The summed E-state index contributed by atoms with van der Waals surface area (Å²) < 4.78 is 8.56. The van der Waals surface area contributed by atoms with Crippen LogP contribution in [0.15, 0.2) is 0 Å². The van der Waals surface area contributed by atoms with Gasteiger partial charge >= 0.3 is 0 Å². The molecule has 4 heterocycles. The second-order valence-electron chi connectivity index (χ2n) is 9.83. The molecular formula is C20H32IN5O2Si. The van der Waals surface area contributed by atoms with Crippen LogP contribution in [0.1, 0.15) is 38.3 Å². The van der Waals surface area contributed by atoms with Crippen molar-refractivity contribution < 1.29 is 9.84 Å². The molecule has 9 heteroatoms. The summed E-state index contributed by atoms with van der Waals surface area (Å²) in [7, 11) is -1.12. The van der Waals surface area contributed by atoms with Gasteiger partial charge in [0.1, 0.15) is 17.9 Å². The monoisotopic (exact) mass is 529 g/mol. The van der Waals surface area contributed by atoms with Gasteiger partial charge in [0, 0.05) is 26.8 Å². The lowest BCUT2D eigenvalue weighted by molar-refractivity contribution is 0.0810. The molecule has 4 rings (SSSR count). The largest absolute Gasteiger partial charge is 0.390 e. The Labute approximate surface area is 187 Å². The molecule has 1 unspecified atom stereocenters. The molecule has 3 atom stereocenters. The molecule has 1 N–H and O–H groups in total. The Kier molecular flexibility index (Phi) is 6.21. The van der Waals surface area contributed by atoms with Crippen LogP contribution in [0.4, 0.5) is 5.82 Å². The topological polar surface area (TPSA) is 76.3 Å². The molecule has 160 valence electrons. The number of ether oxygens (including phenoxy) is 1. The number of halogens is 1. The lowest BCUT2D eigenvalue weighted by Crippen LogP contribution is -2.43. The fourth-order valence-corrected chi connectivity index (χ4v) is 6.08. The van der Waals surface area contributed by atoms with Gasteiger partial charge in [0.25, 0.3) is 0 Å². The number of aliphatic hydroxyl groups is 1. The van der Waals surface area contributed by atoms with Crippen molar-refractivity contribution in [1.29, 1.82) is 0 Å². The van der Waals surface area contributed by atoms with Crippen molar-refractivity contribution >= 4 is 47.6 Å². The molecule has 0 aliphatic carbocycles. The van der Waals surface area contributed by atoms with Crippen molar-refractivity contribution in [3.8, 4) is 0 Å². The molecule has 0 amide bonds. The van der Waals surface area contributed by atoms with Crippen LogP contribution in [0.25, 0.3) is 11.2 Å². The van der Waals surface area contributed by atoms with Crippen molar-refractivity contribution in [3.63, 3.8) is 0 Å². The van der Waals surface area contributed by atoms with Crippen LogP contribution in [0, 0.1) is 9.62 Å². The van der Waals surface area contributed by atoms with Gasteiger partial charge < -0.3 is 14.7 Å². The fourth-order valence-electron chi connectivity index (χ4n) is 4.70. The van der Waals surface area contributed by atoms with E-state index in [1.165, 1.54) is 25.7 Å². The molecule has 7 nitrogen and oxygen atoms in total. The number of aromatic nitrogens is 4. The van der Waals surface area contributed by atoms with Crippen molar-refractivity contribution in [3.05, 3.63) is 9.39 Å². The zero-order valence-electron chi connectivity index (χ0n) is 17.9. The second-order valence-corrected chi connectivity index (χ2v) is 16.5. The molecule has 0 aromatic carbocycles. The van der Waals surface area contributed by atoms with E-state index in [-0.39, 0.29) is 6.61 Å². The highest BCUT2D eigenvalue weighted by Crippen LogP contribution is 2.42. The highest BCUT2D eigenvalue weighted by molar-refractivity contribution is 14.1. The van der Waals surface area contributed by atoms with E-state index in [1.54, 1.807) is 0 Å². The van der Waals surface area contributed by atoms with E-state index < -0.39 is 8.07 Å². The van der Waals surface area contributed by atoms with Crippen LogP contribution in [-0.2, 0) is 18.1 Å². The summed E-state index contributed by atoms with van der Waals surface area (Å²) in [4.78, 5) is 12.2. The number of anilines is 1. The molecule has 2 bridgehead atoms. The zero-order chi connectivity index (χ0) is 20.8. The van der Waals surface area contributed by atoms with Gasteiger partial charge in [0.15, 0.2) is 15.2 Å². The van der Waals surface area contributed by atoms with Crippen molar-refractivity contribution in [1.82, 2.24) is 19.7 Å². The van der Waals surface area contributed by atoms with Crippen LogP contribution in [0.5, 0.6) is 0 Å². The van der Waals surface area contributed by atoms with Gasteiger partial charge in [0.2, 0.25) is 0 Å². The van der Waals surface area contributed by atoms with E-state index in [0.717, 1.165) is 39.3 Å². The highest BCUT2D eigenvalue weighted by Gasteiger charge is 2.41. The summed E-state index contributed by atoms with van der Waals surface area (Å²) in [5.74, 6) is 1.60. The Hall–Kier alpha value is -0.783. The van der Waals surface area contributed by atoms with Gasteiger partial charge in [0.05, 0.1) is 6.61 Å². The standard InChI is InChI=1S/C20H32IN5O2Si/c1-13-9-14-5-6-15(10-13)26(14)19-16(11-27)22-17-18(21)24-25(20(17)23-19)12-28-7-8-29(2,3)4/h13-15,27H,5-12H2,1-4H3/t13?,14-,15+. The van der Waals surface area contributed by atoms with E-state index in [0.29, 0.717) is 24.5 Å². The van der Waals surface area contributed by atoms with E-state index >= 15 is 0 Å². The number of piperidine rings is 1. The first-order chi connectivity index (χ1) is 13.8. The Morgan fingerprint density at radius 3 is 2.48 bits per heavy atom. The summed E-state index contributed by atoms with van der Waals surface area (Å²) in [6, 6.07) is 2.14. The molecule has 2 aliphatic heterocycles. The van der Waals surface area contributed by atoms with Gasteiger partial charge in [-0.2, -0.15) is 5.10 Å². The van der Waals surface area contributed by atoms with Crippen LogP contribution < -0.4 is 4.90 Å². The average molecular weight is 529 g/mol. The third-order valence-corrected chi connectivity index (χ3v) is 8.58. The third-order valence-electron chi connectivity index (χ3n) is 6.15. The fraction of sp³-hybridized carbons (Fsp3) is 0.750. The molecule has 29 heavy (non-hydrogen) atoms. The first-order valence-electron chi connectivity index (χ1n) is 10.7. The maximum Gasteiger partial charge on any atom is 0.182 e. The van der Waals surface area contributed by atoms with Gasteiger partial charge in [-0.05, 0) is 60.2 Å².